The first-order chi connectivity index (χ1) is 6.65. The summed E-state index contributed by atoms with van der Waals surface area (Å²) in [6.45, 7) is 1.56. The summed E-state index contributed by atoms with van der Waals surface area (Å²) in [6.07, 6.45) is 1.10. The molecular formula is C11H12O3. The summed E-state index contributed by atoms with van der Waals surface area (Å²) in [4.78, 5) is 10.9. The van der Waals surface area contributed by atoms with Gasteiger partial charge < -0.3 is 9.84 Å². The highest BCUT2D eigenvalue weighted by atomic mass is 16.5. The Balaban J connectivity index is 2.14. The van der Waals surface area contributed by atoms with Gasteiger partial charge in [-0.25, -0.2) is 0 Å². The highest BCUT2D eigenvalue weighted by Crippen LogP contribution is 2.32. The topological polar surface area (TPSA) is 46.5 Å². The molecule has 1 aromatic carbocycles. The quantitative estimate of drug-likeness (QED) is 0.775. The minimum atomic E-state index is -0.0516. The van der Waals surface area contributed by atoms with Gasteiger partial charge in [-0.1, -0.05) is 0 Å². The van der Waals surface area contributed by atoms with E-state index in [1.807, 2.05) is 0 Å². The Morgan fingerprint density at radius 1 is 1.64 bits per heavy atom. The summed E-state index contributed by atoms with van der Waals surface area (Å²) in [5, 5.41) is 9.24. The van der Waals surface area contributed by atoms with Crippen molar-refractivity contribution >= 4 is 5.78 Å². The van der Waals surface area contributed by atoms with E-state index in [0.717, 1.165) is 11.3 Å². The summed E-state index contributed by atoms with van der Waals surface area (Å²) >= 11 is 0. The molecule has 0 aromatic heterocycles. The lowest BCUT2D eigenvalue weighted by atomic mass is 10.1. The maximum absolute atomic E-state index is 10.9. The Morgan fingerprint density at radius 3 is 3.14 bits per heavy atom. The van der Waals surface area contributed by atoms with E-state index >= 15 is 0 Å². The summed E-state index contributed by atoms with van der Waals surface area (Å²) in [5.41, 5.74) is 0.983. The average Bonchev–Trinajstić information content (AvgIpc) is 2.44. The first kappa shape index (κ1) is 9.06. The number of carbonyl (C=O) groups is 1. The first-order valence-electron chi connectivity index (χ1n) is 4.63. The molecule has 0 saturated heterocycles. The van der Waals surface area contributed by atoms with Gasteiger partial charge in [-0.3, -0.25) is 4.79 Å². The molecule has 0 spiro atoms. The first-order valence-corrected chi connectivity index (χ1v) is 4.63. The zero-order valence-electron chi connectivity index (χ0n) is 7.99. The van der Waals surface area contributed by atoms with E-state index in [1.165, 1.54) is 0 Å². The second-order valence-electron chi connectivity index (χ2n) is 3.64. The molecule has 3 nitrogen and oxygen atoms in total. The van der Waals surface area contributed by atoms with Crippen LogP contribution in [0.4, 0.5) is 0 Å². The molecule has 1 aliphatic heterocycles. The molecule has 0 saturated carbocycles. The number of rotatable bonds is 2. The summed E-state index contributed by atoms with van der Waals surface area (Å²) in [7, 11) is 0. The van der Waals surface area contributed by atoms with Gasteiger partial charge in [-0.05, 0) is 25.1 Å². The van der Waals surface area contributed by atoms with Crippen LogP contribution < -0.4 is 4.74 Å². The van der Waals surface area contributed by atoms with E-state index in [2.05, 4.69) is 0 Å². The smallest absolute Gasteiger partial charge is 0.133 e. The van der Waals surface area contributed by atoms with Crippen molar-refractivity contribution in [2.75, 3.05) is 0 Å². The van der Waals surface area contributed by atoms with Crippen molar-refractivity contribution in [1.82, 2.24) is 0 Å². The number of hydrogen-bond donors (Lipinski definition) is 1. The normalized spacial score (nSPS) is 18.8. The fourth-order valence-electron chi connectivity index (χ4n) is 1.74. The van der Waals surface area contributed by atoms with Crippen LogP contribution in [0.2, 0.25) is 0 Å². The molecule has 1 N–H and O–H groups in total. The van der Waals surface area contributed by atoms with Gasteiger partial charge in [-0.15, -0.1) is 0 Å². The number of benzene rings is 1. The van der Waals surface area contributed by atoms with Crippen molar-refractivity contribution in [2.45, 2.75) is 25.9 Å². The van der Waals surface area contributed by atoms with Crippen LogP contribution in [0.5, 0.6) is 11.5 Å². The number of ether oxygens (including phenoxy) is 1. The molecule has 1 atom stereocenters. The molecule has 0 fully saturated rings. The predicted octanol–water partition coefficient (Wildman–Crippen LogP) is 1.67. The van der Waals surface area contributed by atoms with Crippen molar-refractivity contribution in [2.24, 2.45) is 0 Å². The van der Waals surface area contributed by atoms with Crippen LogP contribution in [0.25, 0.3) is 0 Å². The molecule has 1 aliphatic rings. The lowest BCUT2D eigenvalue weighted by Crippen LogP contribution is -2.16. The molecule has 0 amide bonds. The second kappa shape index (κ2) is 3.33. The zero-order valence-corrected chi connectivity index (χ0v) is 7.99. The summed E-state index contributed by atoms with van der Waals surface area (Å²) < 4.78 is 5.54. The minimum absolute atomic E-state index is 0.0516. The zero-order chi connectivity index (χ0) is 10.1. The predicted molar refractivity (Wildman–Crippen MR) is 51.5 cm³/mol. The lowest BCUT2D eigenvalue weighted by molar-refractivity contribution is -0.118. The molecular weight excluding hydrogens is 180 g/mol. The summed E-state index contributed by atoms with van der Waals surface area (Å²) in [6, 6.07) is 5.02. The van der Waals surface area contributed by atoms with E-state index in [-0.39, 0.29) is 17.6 Å². The number of carbonyl (C=O) groups excluding carboxylic acids is 1. The van der Waals surface area contributed by atoms with Crippen LogP contribution in [0.3, 0.4) is 0 Å². The number of Topliss-reactive ketones (excluding diaryl/α,β-unsaturated/α-hetero) is 1. The molecule has 2 rings (SSSR count). The van der Waals surface area contributed by atoms with Gasteiger partial charge in [-0.2, -0.15) is 0 Å². The van der Waals surface area contributed by atoms with E-state index in [4.69, 9.17) is 4.74 Å². The Hall–Kier alpha value is -1.51. The van der Waals surface area contributed by atoms with Crippen molar-refractivity contribution in [3.05, 3.63) is 23.8 Å². The van der Waals surface area contributed by atoms with Gasteiger partial charge in [0.05, 0.1) is 0 Å². The number of phenolic OH excluding ortho intramolecular Hbond substituents is 1. The maximum Gasteiger partial charge on any atom is 0.133 e. The van der Waals surface area contributed by atoms with Gasteiger partial charge >= 0.3 is 0 Å². The number of phenols is 1. The Morgan fingerprint density at radius 2 is 2.43 bits per heavy atom. The molecule has 1 heterocycles. The maximum atomic E-state index is 10.9. The summed E-state index contributed by atoms with van der Waals surface area (Å²) in [5.74, 6) is 1.16. The molecule has 0 bridgehead atoms. The third kappa shape index (κ3) is 1.71. The molecule has 0 aliphatic carbocycles. The monoisotopic (exact) mass is 192 g/mol. The molecule has 1 aromatic rings. The van der Waals surface area contributed by atoms with Crippen LogP contribution in [-0.4, -0.2) is 17.0 Å². The molecule has 14 heavy (non-hydrogen) atoms. The minimum Gasteiger partial charge on any atom is -0.508 e. The highest BCUT2D eigenvalue weighted by Gasteiger charge is 2.23. The second-order valence-corrected chi connectivity index (χ2v) is 3.64. The van der Waals surface area contributed by atoms with Gasteiger partial charge in [0.25, 0.3) is 0 Å². The van der Waals surface area contributed by atoms with E-state index in [1.54, 1.807) is 25.1 Å². The van der Waals surface area contributed by atoms with E-state index in [0.29, 0.717) is 12.8 Å². The molecule has 0 radical (unpaired) electrons. The fourth-order valence-corrected chi connectivity index (χ4v) is 1.74. The Kier molecular flexibility index (Phi) is 2.15. The highest BCUT2D eigenvalue weighted by molar-refractivity contribution is 5.76. The number of hydrogen-bond acceptors (Lipinski definition) is 3. The van der Waals surface area contributed by atoms with Crippen molar-refractivity contribution in [1.29, 1.82) is 0 Å². The fraction of sp³-hybridized carbons (Fsp3) is 0.364. The SMILES string of the molecule is CC(=O)CC1Cc2cc(O)ccc2O1. The van der Waals surface area contributed by atoms with Gasteiger partial charge in [0, 0.05) is 18.4 Å². The number of ketones is 1. The van der Waals surface area contributed by atoms with Crippen LogP contribution in [0.15, 0.2) is 18.2 Å². The number of fused-ring (bicyclic) bond motifs is 1. The Bertz CT molecular complexity index is 371. The van der Waals surface area contributed by atoms with Crippen LogP contribution in [0, 0.1) is 0 Å². The van der Waals surface area contributed by atoms with Crippen molar-refractivity contribution < 1.29 is 14.6 Å². The largest absolute Gasteiger partial charge is 0.508 e. The van der Waals surface area contributed by atoms with Crippen LogP contribution in [0.1, 0.15) is 18.9 Å². The Labute approximate surface area is 82.3 Å². The molecule has 1 unspecified atom stereocenters. The average molecular weight is 192 g/mol. The van der Waals surface area contributed by atoms with Crippen LogP contribution >= 0.6 is 0 Å². The number of aromatic hydroxyl groups is 1. The standard InChI is InChI=1S/C11H12O3/c1-7(12)4-10-6-8-5-9(13)2-3-11(8)14-10/h2-3,5,10,13H,4,6H2,1H3. The lowest BCUT2D eigenvalue weighted by Gasteiger charge is -2.07. The van der Waals surface area contributed by atoms with Gasteiger partial charge in [0.1, 0.15) is 23.4 Å². The van der Waals surface area contributed by atoms with Gasteiger partial charge in [0.2, 0.25) is 0 Å². The molecule has 74 valence electrons. The third-order valence-electron chi connectivity index (χ3n) is 2.30. The molecule has 3 heteroatoms. The van der Waals surface area contributed by atoms with E-state index < -0.39 is 0 Å². The van der Waals surface area contributed by atoms with Gasteiger partial charge in [0.15, 0.2) is 0 Å². The van der Waals surface area contributed by atoms with E-state index in [9.17, 15) is 9.90 Å². The van der Waals surface area contributed by atoms with Crippen molar-refractivity contribution in [3.8, 4) is 11.5 Å². The van der Waals surface area contributed by atoms with Crippen molar-refractivity contribution in [3.63, 3.8) is 0 Å². The third-order valence-corrected chi connectivity index (χ3v) is 2.30. The van der Waals surface area contributed by atoms with Crippen LogP contribution in [-0.2, 0) is 11.2 Å².